The van der Waals surface area contributed by atoms with E-state index in [2.05, 4.69) is 4.74 Å². The number of methoxy groups -OCH3 is 1. The molecule has 0 aliphatic rings. The van der Waals surface area contributed by atoms with Crippen molar-refractivity contribution in [3.63, 3.8) is 0 Å². The van der Waals surface area contributed by atoms with E-state index in [9.17, 15) is 18.0 Å². The molecule has 3 nitrogen and oxygen atoms in total. The lowest BCUT2D eigenvalue weighted by Gasteiger charge is -2.08. The molecule has 0 aliphatic heterocycles. The highest BCUT2D eigenvalue weighted by atomic mass is 19.2. The highest BCUT2D eigenvalue weighted by molar-refractivity contribution is 5.94. The molecule has 0 amide bonds. The molecule has 0 fully saturated rings. The molecule has 0 saturated carbocycles. The third kappa shape index (κ3) is 2.79. The average molecular weight is 319 g/mol. The largest absolute Gasteiger partial charge is 0.465 e. The van der Waals surface area contributed by atoms with E-state index in [1.807, 2.05) is 0 Å². The van der Waals surface area contributed by atoms with Crippen LogP contribution < -0.4 is 0 Å². The Bertz CT molecular complexity index is 902. The molecule has 6 heteroatoms. The summed E-state index contributed by atoms with van der Waals surface area (Å²) >= 11 is 0. The molecule has 0 radical (unpaired) electrons. The predicted octanol–water partition coefficient (Wildman–Crippen LogP) is 3.89. The number of carbonyl (C=O) groups excluding carboxylic acids is 1. The van der Waals surface area contributed by atoms with Crippen molar-refractivity contribution in [3.8, 4) is 0 Å². The number of ether oxygens (including phenoxy) is 1. The molecule has 2 aromatic carbocycles. The lowest BCUT2D eigenvalue weighted by Crippen LogP contribution is -2.04. The Labute approximate surface area is 129 Å². The van der Waals surface area contributed by atoms with E-state index in [-0.39, 0.29) is 12.1 Å². The second-order valence-electron chi connectivity index (χ2n) is 5.07. The zero-order valence-corrected chi connectivity index (χ0v) is 12.1. The summed E-state index contributed by atoms with van der Waals surface area (Å²) in [4.78, 5) is 11.6. The van der Waals surface area contributed by atoms with Crippen LogP contribution in [-0.4, -0.2) is 17.6 Å². The molecule has 0 aliphatic carbocycles. The molecule has 1 aromatic heterocycles. The van der Waals surface area contributed by atoms with Gasteiger partial charge in [0.25, 0.3) is 0 Å². The van der Waals surface area contributed by atoms with Crippen molar-refractivity contribution in [2.75, 3.05) is 7.11 Å². The number of carbonyl (C=O) groups is 1. The summed E-state index contributed by atoms with van der Waals surface area (Å²) in [6.45, 7) is 0.0111. The molecule has 3 rings (SSSR count). The van der Waals surface area contributed by atoms with Gasteiger partial charge in [-0.2, -0.15) is 0 Å². The number of rotatable bonds is 3. The fraction of sp³-hybridized carbons (Fsp3) is 0.118. The monoisotopic (exact) mass is 319 g/mol. The predicted molar refractivity (Wildman–Crippen MR) is 78.7 cm³/mol. The summed E-state index contributed by atoms with van der Waals surface area (Å²) in [6.07, 6.45) is 1.69. The standard InChI is InChI=1S/C17H12F3NO2/c1-23-17(22)11-3-2-10-4-5-21(16(10)7-11)9-12-6-14(19)15(20)8-13(12)18/h2-8H,9H2,1H3. The summed E-state index contributed by atoms with van der Waals surface area (Å²) in [5.41, 5.74) is 1.03. The summed E-state index contributed by atoms with van der Waals surface area (Å²) < 4.78 is 46.4. The van der Waals surface area contributed by atoms with Crippen LogP contribution in [0.3, 0.4) is 0 Å². The van der Waals surface area contributed by atoms with Gasteiger partial charge in [-0.3, -0.25) is 0 Å². The van der Waals surface area contributed by atoms with Gasteiger partial charge >= 0.3 is 5.97 Å². The molecule has 0 saturated heterocycles. The van der Waals surface area contributed by atoms with Gasteiger partial charge in [0.15, 0.2) is 11.6 Å². The van der Waals surface area contributed by atoms with Gasteiger partial charge in [-0.15, -0.1) is 0 Å². The molecular weight excluding hydrogens is 307 g/mol. The maximum atomic E-state index is 13.8. The van der Waals surface area contributed by atoms with Crippen LogP contribution in [0.5, 0.6) is 0 Å². The van der Waals surface area contributed by atoms with Crippen molar-refractivity contribution < 1.29 is 22.7 Å². The summed E-state index contributed by atoms with van der Waals surface area (Å²) in [6, 6.07) is 8.11. The van der Waals surface area contributed by atoms with Crippen LogP contribution in [0.1, 0.15) is 15.9 Å². The van der Waals surface area contributed by atoms with Crippen molar-refractivity contribution in [1.29, 1.82) is 0 Å². The highest BCUT2D eigenvalue weighted by Gasteiger charge is 2.13. The maximum Gasteiger partial charge on any atom is 0.337 e. The van der Waals surface area contributed by atoms with Crippen LogP contribution in [0.25, 0.3) is 10.9 Å². The van der Waals surface area contributed by atoms with Gasteiger partial charge in [0, 0.05) is 23.3 Å². The molecule has 0 bridgehead atoms. The molecule has 3 aromatic rings. The Balaban J connectivity index is 2.03. The number of benzene rings is 2. The number of esters is 1. The molecule has 1 heterocycles. The highest BCUT2D eigenvalue weighted by Crippen LogP contribution is 2.21. The first-order valence-electron chi connectivity index (χ1n) is 6.80. The topological polar surface area (TPSA) is 31.2 Å². The molecule has 0 spiro atoms. The van der Waals surface area contributed by atoms with Crippen molar-refractivity contribution in [3.05, 3.63) is 71.2 Å². The Morgan fingerprint density at radius 2 is 1.78 bits per heavy atom. The fourth-order valence-electron chi connectivity index (χ4n) is 2.44. The van der Waals surface area contributed by atoms with Gasteiger partial charge in [0.05, 0.1) is 19.2 Å². The second-order valence-corrected chi connectivity index (χ2v) is 5.07. The van der Waals surface area contributed by atoms with E-state index in [0.29, 0.717) is 17.1 Å². The fourth-order valence-corrected chi connectivity index (χ4v) is 2.44. The SMILES string of the molecule is COC(=O)c1ccc2ccn(Cc3cc(F)c(F)cc3F)c2c1. The number of halogens is 3. The van der Waals surface area contributed by atoms with Gasteiger partial charge in [-0.25, -0.2) is 18.0 Å². The van der Waals surface area contributed by atoms with E-state index < -0.39 is 23.4 Å². The normalized spacial score (nSPS) is 11.0. The Hall–Kier alpha value is -2.76. The minimum atomic E-state index is -1.23. The quantitative estimate of drug-likeness (QED) is 0.542. The van der Waals surface area contributed by atoms with Crippen LogP contribution in [-0.2, 0) is 11.3 Å². The summed E-state index contributed by atoms with van der Waals surface area (Å²) in [7, 11) is 1.28. The van der Waals surface area contributed by atoms with E-state index in [1.165, 1.54) is 7.11 Å². The Morgan fingerprint density at radius 1 is 1.04 bits per heavy atom. The lowest BCUT2D eigenvalue weighted by molar-refractivity contribution is 0.0601. The second kappa shape index (κ2) is 5.79. The number of aromatic nitrogens is 1. The Morgan fingerprint density at radius 3 is 2.52 bits per heavy atom. The first-order valence-corrected chi connectivity index (χ1v) is 6.80. The summed E-state index contributed by atoms with van der Waals surface area (Å²) in [5.74, 6) is -3.64. The van der Waals surface area contributed by atoms with E-state index in [0.717, 1.165) is 11.5 Å². The number of fused-ring (bicyclic) bond motifs is 1. The molecule has 118 valence electrons. The first kappa shape index (κ1) is 15.1. The van der Waals surface area contributed by atoms with Gasteiger partial charge < -0.3 is 9.30 Å². The number of nitrogens with zero attached hydrogens (tertiary/aromatic N) is 1. The van der Waals surface area contributed by atoms with Crippen LogP contribution in [0.2, 0.25) is 0 Å². The van der Waals surface area contributed by atoms with E-state index >= 15 is 0 Å². The first-order chi connectivity index (χ1) is 11.0. The third-order valence-corrected chi connectivity index (χ3v) is 3.63. The molecule has 0 unspecified atom stereocenters. The minimum Gasteiger partial charge on any atom is -0.465 e. The smallest absolute Gasteiger partial charge is 0.337 e. The van der Waals surface area contributed by atoms with Gasteiger partial charge in [0.1, 0.15) is 5.82 Å². The van der Waals surface area contributed by atoms with Crippen molar-refractivity contribution in [2.24, 2.45) is 0 Å². The molecule has 23 heavy (non-hydrogen) atoms. The number of hydrogen-bond acceptors (Lipinski definition) is 2. The maximum absolute atomic E-state index is 13.8. The van der Waals surface area contributed by atoms with E-state index in [1.54, 1.807) is 35.0 Å². The van der Waals surface area contributed by atoms with Crippen LogP contribution in [0.15, 0.2) is 42.6 Å². The third-order valence-electron chi connectivity index (χ3n) is 3.63. The molecule has 0 N–H and O–H groups in total. The van der Waals surface area contributed by atoms with Crippen molar-refractivity contribution >= 4 is 16.9 Å². The van der Waals surface area contributed by atoms with Gasteiger partial charge in [-0.05, 0) is 29.7 Å². The van der Waals surface area contributed by atoms with Crippen LogP contribution in [0, 0.1) is 17.5 Å². The van der Waals surface area contributed by atoms with Crippen LogP contribution in [0.4, 0.5) is 13.2 Å². The average Bonchev–Trinajstić information content (AvgIpc) is 2.94. The van der Waals surface area contributed by atoms with Crippen molar-refractivity contribution in [2.45, 2.75) is 6.54 Å². The molecular formula is C17H12F3NO2. The zero-order chi connectivity index (χ0) is 16.6. The Kier molecular flexibility index (Phi) is 3.82. The molecule has 0 atom stereocenters. The zero-order valence-electron chi connectivity index (χ0n) is 12.1. The van der Waals surface area contributed by atoms with Crippen molar-refractivity contribution in [1.82, 2.24) is 4.57 Å². The minimum absolute atomic E-state index is 0.0111. The lowest BCUT2D eigenvalue weighted by atomic mass is 10.1. The van der Waals surface area contributed by atoms with Gasteiger partial charge in [-0.1, -0.05) is 6.07 Å². The summed E-state index contributed by atoms with van der Waals surface area (Å²) in [5, 5.41) is 0.834. The van der Waals surface area contributed by atoms with Crippen LogP contribution >= 0.6 is 0 Å². The van der Waals surface area contributed by atoms with Gasteiger partial charge in [0.2, 0.25) is 0 Å². The number of hydrogen-bond donors (Lipinski definition) is 0. The van der Waals surface area contributed by atoms with E-state index in [4.69, 9.17) is 0 Å².